The molecule has 0 fully saturated rings. The van der Waals surface area contributed by atoms with Crippen LogP contribution in [-0.4, -0.2) is 44.1 Å². The predicted octanol–water partition coefficient (Wildman–Crippen LogP) is 3.08. The number of methoxy groups -OCH3 is 1. The van der Waals surface area contributed by atoms with Crippen molar-refractivity contribution in [2.24, 2.45) is 5.10 Å². The second kappa shape index (κ2) is 9.29. The van der Waals surface area contributed by atoms with Gasteiger partial charge in [-0.25, -0.2) is 8.42 Å². The third-order valence-corrected chi connectivity index (χ3v) is 6.10. The molecule has 0 saturated carbocycles. The zero-order valence-electron chi connectivity index (χ0n) is 15.8. The number of hydrogen-bond donors (Lipinski definition) is 1. The van der Waals surface area contributed by atoms with Gasteiger partial charge in [-0.15, -0.1) is 0 Å². The first-order valence-corrected chi connectivity index (χ1v) is 9.99. The van der Waals surface area contributed by atoms with Gasteiger partial charge < -0.3 is 4.74 Å². The predicted molar refractivity (Wildman–Crippen MR) is 107 cm³/mol. The molecule has 0 bridgehead atoms. The number of sulfonamides is 1. The number of non-ortho nitro benzene ring substituents is 1. The summed E-state index contributed by atoms with van der Waals surface area (Å²) in [4.78, 5) is 10.3. The molecular formula is C18H22N4O5S. The summed E-state index contributed by atoms with van der Waals surface area (Å²) in [5.41, 5.74) is 3.29. The maximum absolute atomic E-state index is 12.9. The first kappa shape index (κ1) is 21.3. The van der Waals surface area contributed by atoms with Crippen LogP contribution in [0.4, 0.5) is 11.4 Å². The minimum Gasteiger partial charge on any atom is -0.497 e. The van der Waals surface area contributed by atoms with E-state index in [1.807, 2.05) is 0 Å². The molecule has 0 unspecified atom stereocenters. The van der Waals surface area contributed by atoms with Crippen LogP contribution in [0.1, 0.15) is 19.4 Å². The Morgan fingerprint density at radius 2 is 1.82 bits per heavy atom. The maximum Gasteiger partial charge on any atom is 0.270 e. The van der Waals surface area contributed by atoms with E-state index in [1.54, 1.807) is 45.2 Å². The highest BCUT2D eigenvalue weighted by atomic mass is 32.2. The molecular weight excluding hydrogens is 384 g/mol. The maximum atomic E-state index is 12.9. The van der Waals surface area contributed by atoms with E-state index < -0.39 is 14.9 Å². The lowest BCUT2D eigenvalue weighted by Gasteiger charge is -2.20. The van der Waals surface area contributed by atoms with E-state index in [-0.39, 0.29) is 29.4 Å². The number of nitrogens with zero attached hydrogens (tertiary/aromatic N) is 3. The number of ether oxygens (including phenoxy) is 1. The summed E-state index contributed by atoms with van der Waals surface area (Å²) < 4.78 is 32.1. The lowest BCUT2D eigenvalue weighted by molar-refractivity contribution is -0.385. The van der Waals surface area contributed by atoms with Crippen LogP contribution in [-0.2, 0) is 10.0 Å². The van der Waals surface area contributed by atoms with Gasteiger partial charge >= 0.3 is 0 Å². The summed E-state index contributed by atoms with van der Waals surface area (Å²) in [6, 6.07) is 10.7. The minimum atomic E-state index is -3.92. The molecule has 28 heavy (non-hydrogen) atoms. The van der Waals surface area contributed by atoms with E-state index >= 15 is 0 Å². The summed E-state index contributed by atoms with van der Waals surface area (Å²) >= 11 is 0. The van der Waals surface area contributed by atoms with Gasteiger partial charge in [0.05, 0.1) is 23.9 Å². The van der Waals surface area contributed by atoms with E-state index in [1.165, 1.54) is 22.7 Å². The van der Waals surface area contributed by atoms with Gasteiger partial charge in [0.15, 0.2) is 0 Å². The first-order chi connectivity index (χ1) is 13.3. The fourth-order valence-electron chi connectivity index (χ4n) is 2.50. The van der Waals surface area contributed by atoms with Crippen LogP contribution in [0.15, 0.2) is 52.5 Å². The van der Waals surface area contributed by atoms with Gasteiger partial charge in [-0.2, -0.15) is 9.41 Å². The topological polar surface area (TPSA) is 114 Å². The van der Waals surface area contributed by atoms with Crippen molar-refractivity contribution >= 4 is 27.6 Å². The molecule has 10 heteroatoms. The van der Waals surface area contributed by atoms with Crippen molar-refractivity contribution in [3.8, 4) is 5.75 Å². The molecule has 0 aliphatic carbocycles. The number of benzene rings is 2. The SMILES string of the molecule is CCN(CC)S(=O)(=O)c1cc([N+](=O)[O-])ccc1N/N=C/c1ccc(OC)cc1. The Morgan fingerprint density at radius 3 is 2.36 bits per heavy atom. The third kappa shape index (κ3) is 4.84. The molecule has 0 radical (unpaired) electrons. The molecule has 2 aromatic rings. The summed E-state index contributed by atoms with van der Waals surface area (Å²) in [5, 5.41) is 15.1. The molecule has 2 aromatic carbocycles. The molecule has 0 aromatic heterocycles. The van der Waals surface area contributed by atoms with Crippen molar-refractivity contribution in [2.75, 3.05) is 25.6 Å². The Balaban J connectivity index is 2.37. The van der Waals surface area contributed by atoms with E-state index in [4.69, 9.17) is 4.74 Å². The molecule has 2 rings (SSSR count). The number of hydrogen-bond acceptors (Lipinski definition) is 7. The van der Waals surface area contributed by atoms with E-state index in [0.717, 1.165) is 11.6 Å². The zero-order valence-corrected chi connectivity index (χ0v) is 16.6. The van der Waals surface area contributed by atoms with Gasteiger partial charge in [-0.05, 0) is 35.9 Å². The molecule has 0 saturated heterocycles. The molecule has 150 valence electrons. The Labute approximate surface area is 163 Å². The molecule has 0 spiro atoms. The molecule has 0 amide bonds. The zero-order chi connectivity index (χ0) is 20.7. The quantitative estimate of drug-likeness (QED) is 0.389. The van der Waals surface area contributed by atoms with Crippen LogP contribution in [0.2, 0.25) is 0 Å². The van der Waals surface area contributed by atoms with Gasteiger partial charge in [-0.3, -0.25) is 15.5 Å². The van der Waals surface area contributed by atoms with Crippen molar-refractivity contribution in [1.82, 2.24) is 4.31 Å². The summed E-state index contributed by atoms with van der Waals surface area (Å²) in [6.45, 7) is 3.90. The molecule has 0 atom stereocenters. The van der Waals surface area contributed by atoms with Crippen molar-refractivity contribution in [1.29, 1.82) is 0 Å². The summed E-state index contributed by atoms with van der Waals surface area (Å²) in [5.74, 6) is 0.702. The Morgan fingerprint density at radius 1 is 1.18 bits per heavy atom. The number of nitro groups is 1. The average Bonchev–Trinajstić information content (AvgIpc) is 2.69. The standard InChI is InChI=1S/C18H22N4O5S/c1-4-21(5-2)28(25,26)18-12-15(22(23)24)8-11-17(18)20-19-13-14-6-9-16(27-3)10-7-14/h6-13,20H,4-5H2,1-3H3/b19-13+. The Bertz CT molecular complexity index is 954. The van der Waals surface area contributed by atoms with Gasteiger partial charge in [0.1, 0.15) is 10.6 Å². The minimum absolute atomic E-state index is 0.155. The average molecular weight is 406 g/mol. The van der Waals surface area contributed by atoms with Crippen molar-refractivity contribution in [2.45, 2.75) is 18.7 Å². The lowest BCUT2D eigenvalue weighted by atomic mass is 10.2. The molecule has 0 aliphatic heterocycles. The first-order valence-electron chi connectivity index (χ1n) is 8.55. The normalized spacial score (nSPS) is 11.7. The highest BCUT2D eigenvalue weighted by Crippen LogP contribution is 2.29. The molecule has 1 N–H and O–H groups in total. The fourth-order valence-corrected chi connectivity index (χ4v) is 4.12. The van der Waals surface area contributed by atoms with Crippen molar-refractivity contribution < 1.29 is 18.1 Å². The lowest BCUT2D eigenvalue weighted by Crippen LogP contribution is -2.31. The summed E-state index contributed by atoms with van der Waals surface area (Å²) in [6.07, 6.45) is 1.51. The summed E-state index contributed by atoms with van der Waals surface area (Å²) in [7, 11) is -2.35. The highest BCUT2D eigenvalue weighted by Gasteiger charge is 2.27. The Kier molecular flexibility index (Phi) is 7.07. The van der Waals surface area contributed by atoms with E-state index in [0.29, 0.717) is 5.75 Å². The number of anilines is 1. The van der Waals surface area contributed by atoms with Gasteiger partial charge in [0.2, 0.25) is 10.0 Å². The highest BCUT2D eigenvalue weighted by molar-refractivity contribution is 7.89. The van der Waals surface area contributed by atoms with Crippen LogP contribution in [0, 0.1) is 10.1 Å². The number of hydrazone groups is 1. The van der Waals surface area contributed by atoms with E-state index in [9.17, 15) is 18.5 Å². The largest absolute Gasteiger partial charge is 0.497 e. The number of nitrogens with one attached hydrogen (secondary N) is 1. The second-order valence-corrected chi connectivity index (χ2v) is 7.58. The van der Waals surface area contributed by atoms with Crippen LogP contribution >= 0.6 is 0 Å². The monoisotopic (exact) mass is 406 g/mol. The Hall–Kier alpha value is -2.98. The second-order valence-electron chi connectivity index (χ2n) is 5.67. The van der Waals surface area contributed by atoms with Crippen LogP contribution in [0.3, 0.4) is 0 Å². The van der Waals surface area contributed by atoms with E-state index in [2.05, 4.69) is 10.5 Å². The van der Waals surface area contributed by atoms with Crippen molar-refractivity contribution in [3.05, 3.63) is 58.1 Å². The molecule has 0 aliphatic rings. The fraction of sp³-hybridized carbons (Fsp3) is 0.278. The van der Waals surface area contributed by atoms with Gasteiger partial charge in [-0.1, -0.05) is 13.8 Å². The van der Waals surface area contributed by atoms with Gasteiger partial charge in [0.25, 0.3) is 5.69 Å². The van der Waals surface area contributed by atoms with Crippen LogP contribution in [0.5, 0.6) is 5.75 Å². The van der Waals surface area contributed by atoms with Gasteiger partial charge in [0, 0.05) is 25.2 Å². The van der Waals surface area contributed by atoms with Crippen LogP contribution in [0.25, 0.3) is 0 Å². The number of rotatable bonds is 9. The van der Waals surface area contributed by atoms with Crippen LogP contribution < -0.4 is 10.2 Å². The third-order valence-electron chi connectivity index (χ3n) is 4.01. The smallest absolute Gasteiger partial charge is 0.270 e. The molecule has 9 nitrogen and oxygen atoms in total. The molecule has 0 heterocycles. The number of nitro benzene ring substituents is 1. The van der Waals surface area contributed by atoms with Crippen molar-refractivity contribution in [3.63, 3.8) is 0 Å².